The number of rotatable bonds is 63. The lowest BCUT2D eigenvalue weighted by Gasteiger charge is -2.18. The minimum atomic E-state index is -0.792. The Morgan fingerprint density at radius 1 is 0.263 bits per heavy atom. The normalized spacial score (nSPS) is 12.6. The van der Waals surface area contributed by atoms with Gasteiger partial charge in [0.2, 0.25) is 0 Å². The highest BCUT2D eigenvalue weighted by atomic mass is 16.6. The molecule has 80 heavy (non-hydrogen) atoms. The molecule has 6 heteroatoms. The second kappa shape index (κ2) is 68.1. The predicted molar refractivity (Wildman–Crippen MR) is 348 cm³/mol. The summed E-state index contributed by atoms with van der Waals surface area (Å²) in [4.78, 5) is 38.2. The SMILES string of the molecule is CC/C=C\C/C=C\C/C=C\C/C=C\C/C=C\C/C=C\C/C=C\CCCCCC(=O)OC(COC(=O)CCCCCCCCCC)COC(=O)CCCCCCCCCCCCCCCCCCCCCCCCCCCCCCC. The Labute approximate surface area is 496 Å². The lowest BCUT2D eigenvalue weighted by Crippen LogP contribution is -2.30. The highest BCUT2D eigenvalue weighted by Gasteiger charge is 2.19. The lowest BCUT2D eigenvalue weighted by atomic mass is 10.0. The minimum absolute atomic E-state index is 0.0866. The van der Waals surface area contributed by atoms with Crippen LogP contribution in [0.15, 0.2) is 85.1 Å². The molecular weight excluding hydrogens is 985 g/mol. The molecule has 0 aromatic rings. The molecule has 0 bridgehead atoms. The fraction of sp³-hybridized carbons (Fsp3) is 0.770. The molecule has 0 heterocycles. The Morgan fingerprint density at radius 2 is 0.487 bits per heavy atom. The summed E-state index contributed by atoms with van der Waals surface area (Å²) < 4.78 is 16.9. The van der Waals surface area contributed by atoms with Gasteiger partial charge in [-0.25, -0.2) is 0 Å². The summed E-state index contributed by atoms with van der Waals surface area (Å²) in [5.41, 5.74) is 0. The van der Waals surface area contributed by atoms with Gasteiger partial charge in [-0.3, -0.25) is 14.4 Å². The maximum Gasteiger partial charge on any atom is 0.306 e. The first-order chi connectivity index (χ1) is 39.5. The fourth-order valence-electron chi connectivity index (χ4n) is 10.0. The zero-order valence-corrected chi connectivity index (χ0v) is 53.1. The summed E-state index contributed by atoms with van der Waals surface area (Å²) in [5, 5.41) is 0. The van der Waals surface area contributed by atoms with Crippen molar-refractivity contribution in [3.63, 3.8) is 0 Å². The van der Waals surface area contributed by atoms with Crippen LogP contribution in [0.3, 0.4) is 0 Å². The molecule has 0 fully saturated rings. The van der Waals surface area contributed by atoms with Gasteiger partial charge in [0.25, 0.3) is 0 Å². The van der Waals surface area contributed by atoms with E-state index in [1.807, 2.05) is 0 Å². The molecule has 0 aliphatic rings. The maximum atomic E-state index is 12.9. The van der Waals surface area contributed by atoms with Crippen LogP contribution < -0.4 is 0 Å². The van der Waals surface area contributed by atoms with Crippen LogP contribution in [0.2, 0.25) is 0 Å². The van der Waals surface area contributed by atoms with Gasteiger partial charge in [0, 0.05) is 19.3 Å². The van der Waals surface area contributed by atoms with Crippen LogP contribution in [0.4, 0.5) is 0 Å². The van der Waals surface area contributed by atoms with E-state index < -0.39 is 6.10 Å². The molecular formula is C74H130O6. The third kappa shape index (κ3) is 65.4. The first kappa shape index (κ1) is 76.6. The van der Waals surface area contributed by atoms with Crippen LogP contribution in [0.1, 0.15) is 348 Å². The number of esters is 3. The van der Waals surface area contributed by atoms with Crippen molar-refractivity contribution in [2.24, 2.45) is 0 Å². The molecule has 0 aliphatic carbocycles. The van der Waals surface area contributed by atoms with Crippen molar-refractivity contribution in [2.75, 3.05) is 13.2 Å². The molecule has 6 nitrogen and oxygen atoms in total. The zero-order valence-electron chi connectivity index (χ0n) is 53.1. The number of hydrogen-bond donors (Lipinski definition) is 0. The minimum Gasteiger partial charge on any atom is -0.462 e. The summed E-state index contributed by atoms with van der Waals surface area (Å²) in [7, 11) is 0. The standard InChI is InChI=1S/C74H130O6/c1-4-7-10-13-16-19-21-23-25-27-29-31-33-35-36-37-38-40-41-43-45-47-49-51-53-55-58-61-64-67-73(76)79-70-71(69-78-72(75)66-63-60-57-18-15-12-9-6-3)80-74(77)68-65-62-59-56-54-52-50-48-46-44-42-39-34-32-30-28-26-24-22-20-17-14-11-8-5-2/h8,11,17,20,24,26,30,32,39,42,46,48,52,54,71H,4-7,9-10,12-16,18-19,21-23,25,27-29,31,33-38,40-41,43-45,47,49-51,53,55-70H2,1-3H3/b11-8-,20-17-,26-24-,32-30-,42-39-,48-46-,54-52-. The molecule has 0 aromatic heterocycles. The van der Waals surface area contributed by atoms with E-state index in [-0.39, 0.29) is 31.1 Å². The van der Waals surface area contributed by atoms with Gasteiger partial charge in [-0.15, -0.1) is 0 Å². The molecule has 0 radical (unpaired) electrons. The fourth-order valence-corrected chi connectivity index (χ4v) is 10.0. The predicted octanol–water partition coefficient (Wildman–Crippen LogP) is 23.8. The van der Waals surface area contributed by atoms with E-state index >= 15 is 0 Å². The summed E-state index contributed by atoms with van der Waals surface area (Å²) in [6, 6.07) is 0. The van der Waals surface area contributed by atoms with Crippen molar-refractivity contribution in [2.45, 2.75) is 354 Å². The van der Waals surface area contributed by atoms with Gasteiger partial charge in [0.1, 0.15) is 13.2 Å². The zero-order chi connectivity index (χ0) is 57.8. The number of carbonyl (C=O) groups excluding carboxylic acids is 3. The summed E-state index contributed by atoms with van der Waals surface area (Å²) in [5.74, 6) is -0.910. The van der Waals surface area contributed by atoms with Crippen molar-refractivity contribution in [3.05, 3.63) is 85.1 Å². The Bertz CT molecular complexity index is 1520. The molecule has 1 unspecified atom stereocenters. The number of allylic oxidation sites excluding steroid dienone is 14. The summed E-state index contributed by atoms with van der Waals surface area (Å²) in [6.45, 7) is 6.51. The molecule has 0 amide bonds. The average molecular weight is 1120 g/mol. The Hall–Kier alpha value is -3.41. The molecule has 0 aliphatic heterocycles. The molecule has 462 valence electrons. The quantitative estimate of drug-likeness (QED) is 0.0261. The van der Waals surface area contributed by atoms with Gasteiger partial charge in [-0.2, -0.15) is 0 Å². The smallest absolute Gasteiger partial charge is 0.306 e. The largest absolute Gasteiger partial charge is 0.462 e. The second-order valence-corrected chi connectivity index (χ2v) is 23.1. The van der Waals surface area contributed by atoms with Crippen molar-refractivity contribution in [1.82, 2.24) is 0 Å². The molecule has 0 aromatic carbocycles. The second-order valence-electron chi connectivity index (χ2n) is 23.1. The highest BCUT2D eigenvalue weighted by Crippen LogP contribution is 2.18. The van der Waals surface area contributed by atoms with E-state index in [0.717, 1.165) is 109 Å². The van der Waals surface area contributed by atoms with Gasteiger partial charge in [-0.1, -0.05) is 337 Å². The lowest BCUT2D eigenvalue weighted by molar-refractivity contribution is -0.167. The van der Waals surface area contributed by atoms with Gasteiger partial charge in [0.05, 0.1) is 0 Å². The number of ether oxygens (including phenoxy) is 3. The van der Waals surface area contributed by atoms with E-state index in [0.29, 0.717) is 19.3 Å². The Kier molecular flexibility index (Phi) is 65.2. The molecule has 0 N–H and O–H groups in total. The van der Waals surface area contributed by atoms with E-state index in [1.54, 1.807) is 0 Å². The van der Waals surface area contributed by atoms with E-state index in [9.17, 15) is 14.4 Å². The highest BCUT2D eigenvalue weighted by molar-refractivity contribution is 5.71. The van der Waals surface area contributed by atoms with Gasteiger partial charge in [-0.05, 0) is 77.0 Å². The topological polar surface area (TPSA) is 78.9 Å². The van der Waals surface area contributed by atoms with Crippen LogP contribution in [0, 0.1) is 0 Å². The molecule has 1 atom stereocenters. The maximum absolute atomic E-state index is 12.9. The number of unbranched alkanes of at least 4 members (excludes halogenated alkanes) is 38. The molecule has 0 saturated heterocycles. The van der Waals surface area contributed by atoms with Gasteiger partial charge >= 0.3 is 17.9 Å². The third-order valence-electron chi connectivity index (χ3n) is 15.2. The van der Waals surface area contributed by atoms with Crippen LogP contribution >= 0.6 is 0 Å². The Balaban J connectivity index is 4.16. The average Bonchev–Trinajstić information content (AvgIpc) is 3.46. The number of carbonyl (C=O) groups is 3. The monoisotopic (exact) mass is 1110 g/mol. The van der Waals surface area contributed by atoms with Crippen molar-refractivity contribution in [3.8, 4) is 0 Å². The number of hydrogen-bond acceptors (Lipinski definition) is 6. The van der Waals surface area contributed by atoms with Crippen molar-refractivity contribution < 1.29 is 28.6 Å². The van der Waals surface area contributed by atoms with E-state index in [4.69, 9.17) is 14.2 Å². The van der Waals surface area contributed by atoms with Crippen LogP contribution in [-0.2, 0) is 28.6 Å². The van der Waals surface area contributed by atoms with Crippen LogP contribution in [-0.4, -0.2) is 37.2 Å². The summed E-state index contributed by atoms with van der Waals surface area (Å²) in [6.07, 6.45) is 90.7. The summed E-state index contributed by atoms with van der Waals surface area (Å²) >= 11 is 0. The first-order valence-corrected chi connectivity index (χ1v) is 34.6. The first-order valence-electron chi connectivity index (χ1n) is 34.6. The van der Waals surface area contributed by atoms with Crippen LogP contribution in [0.25, 0.3) is 0 Å². The molecule has 0 saturated carbocycles. The van der Waals surface area contributed by atoms with E-state index in [2.05, 4.69) is 106 Å². The molecule has 0 spiro atoms. The molecule has 0 rings (SSSR count). The van der Waals surface area contributed by atoms with Gasteiger partial charge < -0.3 is 14.2 Å². The third-order valence-corrected chi connectivity index (χ3v) is 15.2. The van der Waals surface area contributed by atoms with Crippen molar-refractivity contribution >= 4 is 17.9 Å². The Morgan fingerprint density at radius 3 is 0.762 bits per heavy atom. The van der Waals surface area contributed by atoms with E-state index in [1.165, 1.54) is 199 Å². The van der Waals surface area contributed by atoms with Crippen molar-refractivity contribution in [1.29, 1.82) is 0 Å². The van der Waals surface area contributed by atoms with Gasteiger partial charge in [0.15, 0.2) is 6.10 Å². The van der Waals surface area contributed by atoms with Crippen LogP contribution in [0.5, 0.6) is 0 Å².